The van der Waals surface area contributed by atoms with E-state index in [1.165, 1.54) is 28.6 Å². The van der Waals surface area contributed by atoms with E-state index in [0.717, 1.165) is 28.9 Å². The fourth-order valence-corrected chi connectivity index (χ4v) is 5.25. The number of hydrogen-bond acceptors (Lipinski definition) is 4. The molecule has 2 aromatic carbocycles. The number of likely N-dealkylation sites (N-methyl/N-ethyl adjacent to an activating group) is 1. The monoisotopic (exact) mass is 431 g/mol. The van der Waals surface area contributed by atoms with Crippen LogP contribution in [0.15, 0.2) is 52.4 Å². The van der Waals surface area contributed by atoms with Crippen molar-refractivity contribution in [3.8, 4) is 0 Å². The minimum absolute atomic E-state index is 0.0133. The van der Waals surface area contributed by atoms with Crippen molar-refractivity contribution < 1.29 is 4.79 Å². The molecule has 0 aromatic heterocycles. The molecule has 4 nitrogen and oxygen atoms in total. The van der Waals surface area contributed by atoms with Crippen LogP contribution in [0.4, 0.5) is 11.4 Å². The van der Waals surface area contributed by atoms with Crippen molar-refractivity contribution in [2.24, 2.45) is 4.99 Å². The fraction of sp³-hybridized carbons (Fsp3) is 0.308. The molecule has 1 fully saturated rings. The molecule has 2 aliphatic heterocycles. The van der Waals surface area contributed by atoms with Gasteiger partial charge in [-0.05, 0) is 106 Å². The third-order valence-corrected chi connectivity index (χ3v) is 6.76. The summed E-state index contributed by atoms with van der Waals surface area (Å²) in [6.07, 6.45) is 4.31. The molecule has 31 heavy (non-hydrogen) atoms. The largest absolute Gasteiger partial charge is 0.363 e. The van der Waals surface area contributed by atoms with E-state index in [1.807, 2.05) is 37.3 Å². The molecule has 2 aromatic rings. The van der Waals surface area contributed by atoms with Crippen molar-refractivity contribution in [1.29, 1.82) is 0 Å². The van der Waals surface area contributed by atoms with Gasteiger partial charge >= 0.3 is 0 Å². The third kappa shape index (κ3) is 4.19. The van der Waals surface area contributed by atoms with E-state index in [1.54, 1.807) is 0 Å². The van der Waals surface area contributed by atoms with Gasteiger partial charge in [0.05, 0.1) is 16.1 Å². The summed E-state index contributed by atoms with van der Waals surface area (Å²) in [6.45, 7) is 14.0. The van der Waals surface area contributed by atoms with E-state index in [-0.39, 0.29) is 11.4 Å². The van der Waals surface area contributed by atoms with Gasteiger partial charge in [0.25, 0.3) is 5.91 Å². The van der Waals surface area contributed by atoms with Crippen LogP contribution >= 0.6 is 11.8 Å². The molecule has 2 heterocycles. The summed E-state index contributed by atoms with van der Waals surface area (Å²) in [5.74, 6) is -0.0999. The number of nitrogens with one attached hydrogen (secondary N) is 1. The lowest BCUT2D eigenvalue weighted by Crippen LogP contribution is -2.44. The zero-order chi connectivity index (χ0) is 22.3. The zero-order valence-corrected chi connectivity index (χ0v) is 19.9. The first-order valence-electron chi connectivity index (χ1n) is 10.7. The standard InChI is InChI=1S/C26H29N3OS/c1-7-29-22-12-17(3)19(13-21(22)18(4)15-26(29,5)6)14-23-24(30)28-25(31-23)27-20-10-8-9-16(2)11-20/h8-15H,7H2,1-6H3,(H,27,28,30)/b23-14-. The number of benzene rings is 2. The Morgan fingerprint density at radius 1 is 1.16 bits per heavy atom. The lowest BCUT2D eigenvalue weighted by atomic mass is 9.87. The Morgan fingerprint density at radius 3 is 2.65 bits per heavy atom. The average Bonchev–Trinajstić information content (AvgIpc) is 3.01. The number of amides is 1. The SMILES string of the molecule is CCN1c2cc(C)c(/C=C3\SC(=Nc4cccc(C)c4)NC3=O)cc2C(C)=CC1(C)C. The van der Waals surface area contributed by atoms with Gasteiger partial charge in [0, 0.05) is 17.8 Å². The molecule has 5 heteroatoms. The molecule has 0 aliphatic carbocycles. The molecule has 1 amide bonds. The van der Waals surface area contributed by atoms with E-state index in [2.05, 4.69) is 68.0 Å². The summed E-state index contributed by atoms with van der Waals surface area (Å²) in [5.41, 5.74) is 7.97. The molecular formula is C26H29N3OS. The highest BCUT2D eigenvalue weighted by molar-refractivity contribution is 8.18. The van der Waals surface area contributed by atoms with Gasteiger partial charge in [-0.15, -0.1) is 0 Å². The van der Waals surface area contributed by atoms with Crippen LogP contribution < -0.4 is 10.2 Å². The maximum Gasteiger partial charge on any atom is 0.264 e. The quantitative estimate of drug-likeness (QED) is 0.587. The van der Waals surface area contributed by atoms with E-state index >= 15 is 0 Å². The van der Waals surface area contributed by atoms with Crippen LogP contribution in [-0.2, 0) is 4.79 Å². The van der Waals surface area contributed by atoms with Gasteiger partial charge in [-0.2, -0.15) is 0 Å². The summed E-state index contributed by atoms with van der Waals surface area (Å²) >= 11 is 1.39. The molecule has 0 saturated carbocycles. The summed E-state index contributed by atoms with van der Waals surface area (Å²) in [5, 5.41) is 3.51. The smallest absolute Gasteiger partial charge is 0.264 e. The normalized spacial score (nSPS) is 20.1. The van der Waals surface area contributed by atoms with Gasteiger partial charge < -0.3 is 10.2 Å². The lowest BCUT2D eigenvalue weighted by Gasteiger charge is -2.43. The first-order chi connectivity index (χ1) is 14.7. The number of anilines is 1. The van der Waals surface area contributed by atoms with Crippen LogP contribution in [0.5, 0.6) is 0 Å². The molecule has 0 radical (unpaired) electrons. The van der Waals surface area contributed by atoms with E-state index in [0.29, 0.717) is 10.1 Å². The van der Waals surface area contributed by atoms with Crippen molar-refractivity contribution in [2.45, 2.75) is 47.1 Å². The van der Waals surface area contributed by atoms with Crippen molar-refractivity contribution >= 4 is 45.9 Å². The highest BCUT2D eigenvalue weighted by Gasteiger charge is 2.31. The number of carbonyl (C=O) groups excluding carboxylic acids is 1. The number of thioether (sulfide) groups is 1. The summed E-state index contributed by atoms with van der Waals surface area (Å²) in [7, 11) is 0. The van der Waals surface area contributed by atoms with E-state index in [9.17, 15) is 4.79 Å². The number of allylic oxidation sites excluding steroid dienone is 1. The van der Waals surface area contributed by atoms with Crippen LogP contribution in [0.2, 0.25) is 0 Å². The predicted octanol–water partition coefficient (Wildman–Crippen LogP) is 6.22. The predicted molar refractivity (Wildman–Crippen MR) is 134 cm³/mol. The number of aliphatic imine (C=N–C) groups is 1. The maximum atomic E-state index is 12.6. The molecule has 1 saturated heterocycles. The Balaban J connectivity index is 1.68. The number of hydrogen-bond donors (Lipinski definition) is 1. The molecule has 0 spiro atoms. The first kappa shape index (κ1) is 21.4. The molecule has 2 aliphatic rings. The molecule has 0 atom stereocenters. The fourth-order valence-electron chi connectivity index (χ4n) is 4.41. The molecule has 160 valence electrons. The Bertz CT molecular complexity index is 1160. The van der Waals surface area contributed by atoms with Crippen LogP contribution in [0.3, 0.4) is 0 Å². The van der Waals surface area contributed by atoms with Gasteiger partial charge in [-0.1, -0.05) is 18.2 Å². The molecule has 4 rings (SSSR count). The molecular weight excluding hydrogens is 402 g/mol. The Hall–Kier alpha value is -2.79. The Labute approximate surface area is 189 Å². The second-order valence-corrected chi connectivity index (χ2v) is 9.80. The zero-order valence-electron chi connectivity index (χ0n) is 19.0. The Kier molecular flexibility index (Phi) is 5.56. The number of rotatable bonds is 3. The number of nitrogens with zero attached hydrogens (tertiary/aromatic N) is 2. The van der Waals surface area contributed by atoms with Crippen LogP contribution in [0.25, 0.3) is 11.6 Å². The number of fused-ring (bicyclic) bond motifs is 1. The average molecular weight is 432 g/mol. The van der Waals surface area contributed by atoms with Gasteiger partial charge in [0.1, 0.15) is 0 Å². The number of aryl methyl sites for hydroxylation is 2. The Morgan fingerprint density at radius 2 is 1.94 bits per heavy atom. The molecule has 1 N–H and O–H groups in total. The van der Waals surface area contributed by atoms with Crippen molar-refractivity contribution in [3.05, 3.63) is 69.6 Å². The highest BCUT2D eigenvalue weighted by Crippen LogP contribution is 2.41. The third-order valence-electron chi connectivity index (χ3n) is 5.85. The van der Waals surface area contributed by atoms with Gasteiger partial charge in [0.2, 0.25) is 0 Å². The van der Waals surface area contributed by atoms with E-state index < -0.39 is 0 Å². The maximum absolute atomic E-state index is 12.6. The van der Waals surface area contributed by atoms with Crippen molar-refractivity contribution in [1.82, 2.24) is 5.32 Å². The first-order valence-corrected chi connectivity index (χ1v) is 11.5. The van der Waals surface area contributed by atoms with Crippen LogP contribution in [0.1, 0.15) is 49.9 Å². The van der Waals surface area contributed by atoms with Crippen LogP contribution in [-0.4, -0.2) is 23.2 Å². The minimum atomic E-state index is -0.0999. The molecule has 0 bridgehead atoms. The van der Waals surface area contributed by atoms with Gasteiger partial charge in [-0.3, -0.25) is 4.79 Å². The lowest BCUT2D eigenvalue weighted by molar-refractivity contribution is -0.115. The second kappa shape index (κ2) is 8.04. The minimum Gasteiger partial charge on any atom is -0.363 e. The second-order valence-electron chi connectivity index (χ2n) is 8.77. The van der Waals surface area contributed by atoms with Crippen LogP contribution in [0, 0.1) is 13.8 Å². The van der Waals surface area contributed by atoms with E-state index in [4.69, 9.17) is 0 Å². The van der Waals surface area contributed by atoms with Gasteiger partial charge in [-0.25, -0.2) is 4.99 Å². The van der Waals surface area contributed by atoms with Crippen molar-refractivity contribution in [3.63, 3.8) is 0 Å². The summed E-state index contributed by atoms with van der Waals surface area (Å²) < 4.78 is 0. The molecule has 0 unspecified atom stereocenters. The van der Waals surface area contributed by atoms with Crippen molar-refractivity contribution in [2.75, 3.05) is 11.4 Å². The summed E-state index contributed by atoms with van der Waals surface area (Å²) in [6, 6.07) is 12.4. The topological polar surface area (TPSA) is 44.7 Å². The number of carbonyl (C=O) groups is 1. The highest BCUT2D eigenvalue weighted by atomic mass is 32.2. The van der Waals surface area contributed by atoms with Gasteiger partial charge in [0.15, 0.2) is 5.17 Å². The summed E-state index contributed by atoms with van der Waals surface area (Å²) in [4.78, 5) is 20.3. The number of amidine groups is 1.